The van der Waals surface area contributed by atoms with E-state index in [1.807, 2.05) is 49.7 Å². The van der Waals surface area contributed by atoms with Crippen LogP contribution in [-0.2, 0) is 0 Å². The first-order chi connectivity index (χ1) is 13.5. The van der Waals surface area contributed by atoms with Crippen LogP contribution in [0.1, 0.15) is 12.0 Å². The molecule has 1 heterocycles. The van der Waals surface area contributed by atoms with Crippen molar-refractivity contribution >= 4 is 22.8 Å². The third kappa shape index (κ3) is 4.26. The Hall–Kier alpha value is -3.88. The van der Waals surface area contributed by atoms with Crippen molar-refractivity contribution in [3.8, 4) is 0 Å². The number of non-ortho nitro benzene ring substituents is 1. The van der Waals surface area contributed by atoms with Crippen molar-refractivity contribution in [1.82, 2.24) is 10.3 Å². The van der Waals surface area contributed by atoms with Crippen molar-refractivity contribution < 1.29 is 9.85 Å². The predicted octanol–water partition coefficient (Wildman–Crippen LogP) is 3.68. The van der Waals surface area contributed by atoms with Crippen molar-refractivity contribution in [2.45, 2.75) is 6.42 Å². The van der Waals surface area contributed by atoms with Crippen LogP contribution in [0.2, 0.25) is 0 Å². The molecule has 3 rings (SSSR count). The minimum absolute atomic E-state index is 0.140. The van der Waals surface area contributed by atoms with Crippen LogP contribution < -0.4 is 10.9 Å². The number of nitrogens with zero attached hydrogens (tertiary/aromatic N) is 3. The van der Waals surface area contributed by atoms with Crippen LogP contribution in [0.4, 0.5) is 17.1 Å². The zero-order valence-corrected chi connectivity index (χ0v) is 15.2. The van der Waals surface area contributed by atoms with E-state index in [9.17, 15) is 20.2 Å². The van der Waals surface area contributed by atoms with Gasteiger partial charge < -0.3 is 4.90 Å². The molecule has 0 fully saturated rings. The van der Waals surface area contributed by atoms with Gasteiger partial charge in [-0.1, -0.05) is 30.3 Å². The molecule has 0 radical (unpaired) electrons. The number of nitro groups is 2. The van der Waals surface area contributed by atoms with Gasteiger partial charge in [-0.3, -0.25) is 31.1 Å². The van der Waals surface area contributed by atoms with E-state index in [1.165, 1.54) is 12.1 Å². The summed E-state index contributed by atoms with van der Waals surface area (Å²) in [5, 5.41) is 22.2. The lowest BCUT2D eigenvalue weighted by Crippen LogP contribution is -2.24. The molecular formula is C19H19N5O4. The van der Waals surface area contributed by atoms with E-state index in [0.29, 0.717) is 0 Å². The summed E-state index contributed by atoms with van der Waals surface area (Å²) < 4.78 is 0. The van der Waals surface area contributed by atoms with E-state index >= 15 is 0 Å². The maximum Gasteiger partial charge on any atom is 0.300 e. The molecule has 9 heteroatoms. The van der Waals surface area contributed by atoms with Gasteiger partial charge in [0, 0.05) is 19.7 Å². The van der Waals surface area contributed by atoms with Crippen molar-refractivity contribution in [1.29, 1.82) is 0 Å². The lowest BCUT2D eigenvalue weighted by Gasteiger charge is -2.23. The number of nitrogens with one attached hydrogen (secondary N) is 2. The molecule has 0 atom stereocenters. The first-order valence-electron chi connectivity index (χ1n) is 8.57. The highest BCUT2D eigenvalue weighted by Crippen LogP contribution is 2.29. The molecule has 0 aliphatic carbocycles. The summed E-state index contributed by atoms with van der Waals surface area (Å²) in [5.74, 6) is 0. The molecule has 0 bridgehead atoms. The normalized spacial score (nSPS) is 15.1. The maximum absolute atomic E-state index is 11.3. The summed E-state index contributed by atoms with van der Waals surface area (Å²) in [5.41, 5.74) is 8.09. The topological polar surface area (TPSA) is 114 Å². The largest absolute Gasteiger partial charge is 0.380 e. The van der Waals surface area contributed by atoms with E-state index < -0.39 is 9.85 Å². The number of hydrazine groups is 1. The molecule has 2 N–H and O–H groups in total. The number of anilines is 1. The van der Waals surface area contributed by atoms with Crippen molar-refractivity contribution in [3.63, 3.8) is 0 Å². The third-order valence-electron chi connectivity index (χ3n) is 4.36. The quantitative estimate of drug-likeness (QED) is 0.579. The van der Waals surface area contributed by atoms with E-state index in [4.69, 9.17) is 0 Å². The summed E-state index contributed by atoms with van der Waals surface area (Å²) in [6.07, 6.45) is 4.76. The van der Waals surface area contributed by atoms with Crippen LogP contribution in [0.15, 0.2) is 66.4 Å². The first kappa shape index (κ1) is 18.9. The van der Waals surface area contributed by atoms with Crippen LogP contribution >= 0.6 is 0 Å². The fourth-order valence-corrected chi connectivity index (χ4v) is 2.84. The van der Waals surface area contributed by atoms with Crippen LogP contribution in [0.25, 0.3) is 5.70 Å². The highest BCUT2D eigenvalue weighted by molar-refractivity contribution is 5.73. The Morgan fingerprint density at radius 2 is 1.82 bits per heavy atom. The van der Waals surface area contributed by atoms with Gasteiger partial charge in [-0.2, -0.15) is 0 Å². The second-order valence-electron chi connectivity index (χ2n) is 6.28. The molecule has 0 spiro atoms. The van der Waals surface area contributed by atoms with Crippen molar-refractivity contribution in [3.05, 3.63) is 92.2 Å². The molecule has 2 aromatic carbocycles. The standard InChI is InChI=1S/C19H19N5O4/c1-22-11-9-15(10-12-22)19(14-5-3-2-4-6-14)21-20-17-8-7-16(23(25)26)13-18(17)24(27)28/h2-9,11,13,20-21H,10,12H2,1H3. The number of nitro benzene ring substituents is 2. The minimum Gasteiger partial charge on any atom is -0.380 e. The van der Waals surface area contributed by atoms with Crippen molar-refractivity contribution in [2.75, 3.05) is 19.0 Å². The van der Waals surface area contributed by atoms with E-state index in [-0.39, 0.29) is 17.1 Å². The second kappa shape index (κ2) is 8.21. The molecule has 0 saturated heterocycles. The Bertz CT molecular complexity index is 956. The molecule has 0 saturated carbocycles. The fraction of sp³-hybridized carbons (Fsp3) is 0.158. The minimum atomic E-state index is -0.662. The molecule has 1 aliphatic rings. The average molecular weight is 381 g/mol. The third-order valence-corrected chi connectivity index (χ3v) is 4.36. The van der Waals surface area contributed by atoms with Gasteiger partial charge >= 0.3 is 5.69 Å². The summed E-state index contributed by atoms with van der Waals surface area (Å²) in [7, 11) is 1.99. The Labute approximate surface area is 161 Å². The van der Waals surface area contributed by atoms with Crippen LogP contribution in [0.3, 0.4) is 0 Å². The maximum atomic E-state index is 11.3. The molecule has 2 aromatic rings. The molecule has 0 aromatic heterocycles. The molecule has 144 valence electrons. The molecule has 28 heavy (non-hydrogen) atoms. The van der Waals surface area contributed by atoms with E-state index in [2.05, 4.69) is 15.8 Å². The van der Waals surface area contributed by atoms with E-state index in [0.717, 1.165) is 35.9 Å². The van der Waals surface area contributed by atoms with Crippen molar-refractivity contribution in [2.24, 2.45) is 0 Å². The highest BCUT2D eigenvalue weighted by Gasteiger charge is 2.20. The Kier molecular flexibility index (Phi) is 5.54. The van der Waals surface area contributed by atoms with Gasteiger partial charge in [0.05, 0.1) is 21.6 Å². The summed E-state index contributed by atoms with van der Waals surface area (Å²) >= 11 is 0. The number of benzene rings is 2. The van der Waals surface area contributed by atoms with Gasteiger partial charge in [0.25, 0.3) is 5.69 Å². The monoisotopic (exact) mass is 381 g/mol. The van der Waals surface area contributed by atoms with Crippen LogP contribution in [0, 0.1) is 20.2 Å². The molecule has 0 unspecified atom stereocenters. The first-order valence-corrected chi connectivity index (χ1v) is 8.57. The second-order valence-corrected chi connectivity index (χ2v) is 6.28. The summed E-state index contributed by atoms with van der Waals surface area (Å²) in [4.78, 5) is 23.0. The highest BCUT2D eigenvalue weighted by atomic mass is 16.6. The Morgan fingerprint density at radius 3 is 2.43 bits per heavy atom. The number of allylic oxidation sites excluding steroid dienone is 1. The lowest BCUT2D eigenvalue weighted by molar-refractivity contribution is -0.393. The van der Waals surface area contributed by atoms with Gasteiger partial charge in [-0.15, -0.1) is 0 Å². The fourth-order valence-electron chi connectivity index (χ4n) is 2.84. The van der Waals surface area contributed by atoms with Gasteiger partial charge in [0.1, 0.15) is 5.69 Å². The average Bonchev–Trinajstić information content (AvgIpc) is 2.70. The number of hydrogen-bond donors (Lipinski definition) is 2. The zero-order valence-electron chi connectivity index (χ0n) is 15.2. The van der Waals surface area contributed by atoms with Gasteiger partial charge in [-0.05, 0) is 35.9 Å². The van der Waals surface area contributed by atoms with Gasteiger partial charge in [0.15, 0.2) is 0 Å². The van der Waals surface area contributed by atoms with Crippen LogP contribution in [0.5, 0.6) is 0 Å². The van der Waals surface area contributed by atoms with Crippen LogP contribution in [-0.4, -0.2) is 28.3 Å². The number of hydrogen-bond acceptors (Lipinski definition) is 7. The molecule has 9 nitrogen and oxygen atoms in total. The summed E-state index contributed by atoms with van der Waals surface area (Å²) in [6.45, 7) is 0.849. The molecule has 0 amide bonds. The smallest absolute Gasteiger partial charge is 0.300 e. The molecule has 1 aliphatic heterocycles. The Balaban J connectivity index is 1.93. The SMILES string of the molecule is CN1C=CC(=C(NNc2ccc([N+](=O)[O-])cc2[N+](=O)[O-])c2ccccc2)CC1. The van der Waals surface area contributed by atoms with Gasteiger partial charge in [-0.25, -0.2) is 0 Å². The number of rotatable bonds is 6. The predicted molar refractivity (Wildman–Crippen MR) is 106 cm³/mol. The lowest BCUT2D eigenvalue weighted by atomic mass is 10.0. The summed E-state index contributed by atoms with van der Waals surface area (Å²) in [6, 6.07) is 13.1. The van der Waals surface area contributed by atoms with Gasteiger partial charge in [0.2, 0.25) is 0 Å². The van der Waals surface area contributed by atoms with E-state index in [1.54, 1.807) is 0 Å². The zero-order chi connectivity index (χ0) is 20.1. The molecular weight excluding hydrogens is 362 g/mol. The Morgan fingerprint density at radius 1 is 1.07 bits per heavy atom.